The van der Waals surface area contributed by atoms with Gasteiger partial charge >= 0.3 is 0 Å². The Balaban J connectivity index is 5.10. The first kappa shape index (κ1) is 26.1. The topological polar surface area (TPSA) is 15.6 Å². The van der Waals surface area contributed by atoms with Crippen molar-refractivity contribution in [1.29, 1.82) is 0 Å². The summed E-state index contributed by atoms with van der Waals surface area (Å²) < 4.78 is 3.21. The van der Waals surface area contributed by atoms with Gasteiger partial charge in [0.15, 0.2) is 0 Å². The number of hydrogen-bond acceptors (Lipinski definition) is 2. The van der Waals surface area contributed by atoms with E-state index in [1.54, 1.807) is 0 Å². The van der Waals surface area contributed by atoms with Crippen LogP contribution in [0, 0.1) is 5.92 Å². The summed E-state index contributed by atoms with van der Waals surface area (Å²) in [4.78, 5) is 4.83. The van der Waals surface area contributed by atoms with Crippen LogP contribution >= 0.6 is 0 Å². The lowest BCUT2D eigenvalue weighted by atomic mass is 10.1. The average Bonchev–Trinajstić information content (AvgIpc) is 2.63. The van der Waals surface area contributed by atoms with Gasteiger partial charge in [-0.05, 0) is 74.9 Å². The summed E-state index contributed by atoms with van der Waals surface area (Å²) in [5.74, 6) is 0.727. The molecule has 0 amide bonds. The number of aliphatic imine (C=N–C) groups is 1. The Bertz CT molecular complexity index is 349. The maximum Gasteiger partial charge on any atom is 0.120 e. The molecule has 0 spiro atoms. The van der Waals surface area contributed by atoms with Crippen LogP contribution in [-0.2, 0) is 0 Å². The summed E-state index contributed by atoms with van der Waals surface area (Å²) >= 11 is 0. The number of nitrogens with zero attached hydrogens (tertiary/aromatic N) is 2. The summed E-state index contributed by atoms with van der Waals surface area (Å²) in [5.41, 5.74) is 1.34. The molecule has 0 unspecified atom stereocenters. The normalized spacial score (nSPS) is 13.9. The number of hydrogen-bond donors (Lipinski definition) is 0. The SMILES string of the molecule is CC[Si](CC)(CC)N(CCCCN=C(C)CC(C)C)[Si](CC)(CC)CC. The van der Waals surface area contributed by atoms with Gasteiger partial charge in [-0.25, -0.2) is 0 Å². The first-order chi connectivity index (χ1) is 12.3. The highest BCUT2D eigenvalue weighted by Crippen LogP contribution is 2.36. The molecule has 0 aromatic rings. The summed E-state index contributed by atoms with van der Waals surface area (Å²) in [6.07, 6.45) is 3.75. The third-order valence-corrected chi connectivity index (χ3v) is 20.5. The molecule has 156 valence electrons. The number of rotatable bonds is 15. The van der Waals surface area contributed by atoms with Crippen molar-refractivity contribution in [1.82, 2.24) is 4.23 Å². The van der Waals surface area contributed by atoms with E-state index in [1.165, 1.54) is 61.4 Å². The van der Waals surface area contributed by atoms with Crippen molar-refractivity contribution in [3.05, 3.63) is 0 Å². The first-order valence-corrected chi connectivity index (χ1v) is 16.7. The van der Waals surface area contributed by atoms with E-state index in [0.717, 1.165) is 18.9 Å². The van der Waals surface area contributed by atoms with Gasteiger partial charge in [0.1, 0.15) is 16.5 Å². The van der Waals surface area contributed by atoms with Crippen LogP contribution in [-0.4, -0.2) is 39.5 Å². The quantitative estimate of drug-likeness (QED) is 0.158. The summed E-state index contributed by atoms with van der Waals surface area (Å²) in [6, 6.07) is 8.59. The minimum atomic E-state index is -1.29. The van der Waals surface area contributed by atoms with Gasteiger partial charge in [0.25, 0.3) is 0 Å². The van der Waals surface area contributed by atoms with E-state index in [2.05, 4.69) is 66.5 Å². The van der Waals surface area contributed by atoms with Gasteiger partial charge in [-0.2, -0.15) is 0 Å². The Morgan fingerprint density at radius 3 is 1.54 bits per heavy atom. The van der Waals surface area contributed by atoms with E-state index in [0.29, 0.717) is 0 Å². The molecule has 26 heavy (non-hydrogen) atoms. The molecule has 0 atom stereocenters. The van der Waals surface area contributed by atoms with E-state index < -0.39 is 16.5 Å². The Hall–Kier alpha value is 0.0638. The van der Waals surface area contributed by atoms with Crippen LogP contribution in [0.25, 0.3) is 0 Å². The average molecular weight is 399 g/mol. The van der Waals surface area contributed by atoms with Crippen molar-refractivity contribution < 1.29 is 0 Å². The molecule has 0 bridgehead atoms. The summed E-state index contributed by atoms with van der Waals surface area (Å²) in [6.45, 7) is 24.0. The van der Waals surface area contributed by atoms with Crippen LogP contribution in [0.15, 0.2) is 4.99 Å². The third kappa shape index (κ3) is 7.23. The molecule has 0 fully saturated rings. The van der Waals surface area contributed by atoms with Crippen molar-refractivity contribution in [3.8, 4) is 0 Å². The van der Waals surface area contributed by atoms with Crippen LogP contribution in [0.3, 0.4) is 0 Å². The zero-order valence-electron chi connectivity index (χ0n) is 19.7. The van der Waals surface area contributed by atoms with Crippen LogP contribution in [0.2, 0.25) is 36.3 Å². The molecule has 0 radical (unpaired) electrons. The fraction of sp³-hybridized carbons (Fsp3) is 0.955. The minimum Gasteiger partial charge on any atom is -0.345 e. The van der Waals surface area contributed by atoms with Crippen molar-refractivity contribution in [2.24, 2.45) is 10.9 Å². The zero-order valence-corrected chi connectivity index (χ0v) is 21.7. The van der Waals surface area contributed by atoms with Crippen LogP contribution in [0.4, 0.5) is 0 Å². The lowest BCUT2D eigenvalue weighted by Crippen LogP contribution is -2.66. The van der Waals surface area contributed by atoms with Gasteiger partial charge in [-0.15, -0.1) is 0 Å². The standard InChI is InChI=1S/C22H50N2Si2/c1-10-25(11-2,12-3)24(26(13-4,14-5)15-6)19-17-16-18-23-22(9)20-21(7)8/h21H,10-20H2,1-9H3. The first-order valence-electron chi connectivity index (χ1n) is 11.6. The van der Waals surface area contributed by atoms with Gasteiger partial charge in [0, 0.05) is 12.3 Å². The molecule has 0 aromatic heterocycles. The highest BCUT2D eigenvalue weighted by Gasteiger charge is 2.45. The largest absolute Gasteiger partial charge is 0.345 e. The molecule has 0 aliphatic carbocycles. The highest BCUT2D eigenvalue weighted by atomic mass is 28.4. The van der Waals surface area contributed by atoms with Crippen molar-refractivity contribution >= 4 is 22.2 Å². The van der Waals surface area contributed by atoms with Gasteiger partial charge in [-0.3, -0.25) is 4.99 Å². The zero-order chi connectivity index (χ0) is 20.2. The smallest absolute Gasteiger partial charge is 0.120 e. The van der Waals surface area contributed by atoms with Crippen molar-refractivity contribution in [3.63, 3.8) is 0 Å². The number of unbranched alkanes of at least 4 members (excludes halogenated alkanes) is 1. The molecule has 4 heteroatoms. The van der Waals surface area contributed by atoms with E-state index in [9.17, 15) is 0 Å². The van der Waals surface area contributed by atoms with Gasteiger partial charge in [0.05, 0.1) is 0 Å². The second-order valence-electron chi connectivity index (χ2n) is 8.64. The third-order valence-electron chi connectivity index (χ3n) is 6.97. The van der Waals surface area contributed by atoms with Crippen LogP contribution < -0.4 is 0 Å². The summed E-state index contributed by atoms with van der Waals surface area (Å²) in [5, 5.41) is 0. The Labute approximate surface area is 168 Å². The predicted octanol–water partition coefficient (Wildman–Crippen LogP) is 7.59. The predicted molar refractivity (Wildman–Crippen MR) is 128 cm³/mol. The maximum absolute atomic E-state index is 4.83. The van der Waals surface area contributed by atoms with E-state index in [-0.39, 0.29) is 0 Å². The Morgan fingerprint density at radius 2 is 1.19 bits per heavy atom. The molecule has 2 nitrogen and oxygen atoms in total. The summed E-state index contributed by atoms with van der Waals surface area (Å²) in [7, 11) is -2.58. The van der Waals surface area contributed by atoms with Crippen LogP contribution in [0.1, 0.15) is 81.6 Å². The van der Waals surface area contributed by atoms with Gasteiger partial charge < -0.3 is 4.23 Å². The van der Waals surface area contributed by atoms with E-state index in [4.69, 9.17) is 4.99 Å². The van der Waals surface area contributed by atoms with Gasteiger partial charge in [0.2, 0.25) is 0 Å². The second kappa shape index (κ2) is 13.3. The molecule has 0 rings (SSSR count). The molecular formula is C22H50N2Si2. The lowest BCUT2D eigenvalue weighted by molar-refractivity contribution is 0.538. The molecule has 0 aromatic carbocycles. The van der Waals surface area contributed by atoms with E-state index in [1.807, 2.05) is 0 Å². The van der Waals surface area contributed by atoms with E-state index >= 15 is 0 Å². The molecular weight excluding hydrogens is 348 g/mol. The maximum atomic E-state index is 4.83. The van der Waals surface area contributed by atoms with Crippen LogP contribution in [0.5, 0.6) is 0 Å². The molecule has 0 saturated heterocycles. The van der Waals surface area contributed by atoms with Gasteiger partial charge in [-0.1, -0.05) is 55.4 Å². The molecule has 0 aliphatic rings. The van der Waals surface area contributed by atoms with Crippen molar-refractivity contribution in [2.75, 3.05) is 13.1 Å². The fourth-order valence-electron chi connectivity index (χ4n) is 4.93. The fourth-order valence-corrected chi connectivity index (χ4v) is 18.4. The minimum absolute atomic E-state index is 0.727. The molecule has 0 aliphatic heterocycles. The molecule has 0 saturated carbocycles. The molecule has 0 N–H and O–H groups in total. The molecule has 0 heterocycles. The Kier molecular flexibility index (Phi) is 13.3. The lowest BCUT2D eigenvalue weighted by Gasteiger charge is -2.52. The Morgan fingerprint density at radius 1 is 0.769 bits per heavy atom. The highest BCUT2D eigenvalue weighted by molar-refractivity contribution is 6.92. The monoisotopic (exact) mass is 398 g/mol. The van der Waals surface area contributed by atoms with Crippen molar-refractivity contribution in [2.45, 2.75) is 118 Å². The second-order valence-corrected chi connectivity index (χ2v) is 19.3.